The zero-order chi connectivity index (χ0) is 87.6. The minimum atomic E-state index is -0.459. The Balaban J connectivity index is 0.000000116. The van der Waals surface area contributed by atoms with Crippen LogP contribution in [0.1, 0.15) is 11.1 Å². The summed E-state index contributed by atoms with van der Waals surface area (Å²) in [6, 6.07) is 64.6. The fraction of sp³-hybridized carbons (Fsp3) is 0.0341. The first kappa shape index (κ1) is 85.7. The number of carbonyl (C=O) groups excluding carboxylic acids is 5. The molecule has 0 fully saturated rings. The van der Waals surface area contributed by atoms with E-state index >= 15 is 0 Å². The van der Waals surface area contributed by atoms with Crippen LogP contribution in [0.3, 0.4) is 0 Å². The number of thiazole rings is 5. The first-order valence-electron chi connectivity index (χ1n) is 36.9. The van der Waals surface area contributed by atoms with E-state index in [-0.39, 0.29) is 41.0 Å². The molecule has 10 aromatic carbocycles. The molecule has 20 rings (SSSR count). The molecule has 26 nitrogen and oxygen atoms in total. The topological polar surface area (TPSA) is 294 Å². The van der Waals surface area contributed by atoms with Crippen LogP contribution in [0.25, 0.3) is 136 Å². The highest BCUT2D eigenvalue weighted by Gasteiger charge is 2.25. The van der Waals surface area contributed by atoms with Crippen LogP contribution in [0.15, 0.2) is 239 Å². The fourth-order valence-electron chi connectivity index (χ4n) is 13.2. The van der Waals surface area contributed by atoms with Crippen molar-refractivity contribution < 1.29 is 61.2 Å². The molecule has 0 N–H and O–H groups in total. The summed E-state index contributed by atoms with van der Waals surface area (Å²) in [6.07, 6.45) is 0. The molecule has 20 aromatic rings. The Morgan fingerprint density at radius 1 is 0.325 bits per heavy atom. The SMILES string of the molecule is COc1ccc(-c2nn(-c3nc(OC=O)cs3)c3ccccc23)cc1F.Cc1cc(F)ccc1-c1nn(-c2nc(OC=O)cs2)c2ccccc12.Cc1ccc(-c2nn(-c3nc(OC=O)cs3)c3ccccc23)c(Cl)c1.O=COc1csc(-n2nc(-c3cc(Cl)cc(Cl)c3)c3ccccc32)n1.O=COc1csc(-n2nc(-c3ccc(Cl)cc3Cl)c3ccccc32)n1. The quantitative estimate of drug-likeness (QED) is 0.0604. The van der Waals surface area contributed by atoms with E-state index in [0.29, 0.717) is 94.4 Å². The Kier molecular flexibility index (Phi) is 26.2. The van der Waals surface area contributed by atoms with E-state index in [1.165, 1.54) is 82.0 Å². The van der Waals surface area contributed by atoms with Gasteiger partial charge in [-0.25, -0.2) is 32.2 Å². The van der Waals surface area contributed by atoms with Gasteiger partial charge < -0.3 is 28.4 Å². The van der Waals surface area contributed by atoms with Crippen LogP contribution >= 0.6 is 115 Å². The maximum Gasteiger partial charge on any atom is 0.299 e. The average molecular weight is 1870 g/mol. The number of hydrogen-bond acceptors (Lipinski definition) is 26. The summed E-state index contributed by atoms with van der Waals surface area (Å²) in [5.41, 5.74) is 13.8. The number of aryl methyl sites for hydroxylation is 2. The summed E-state index contributed by atoms with van der Waals surface area (Å²) in [5.74, 6) is 0.603. The molecule has 0 saturated heterocycles. The van der Waals surface area contributed by atoms with Gasteiger partial charge in [0.2, 0.25) is 55.1 Å². The van der Waals surface area contributed by atoms with Gasteiger partial charge in [-0.3, -0.25) is 24.0 Å². The van der Waals surface area contributed by atoms with E-state index in [4.69, 9.17) is 96.6 Å². The summed E-state index contributed by atoms with van der Waals surface area (Å²) >= 11 is 37.7. The van der Waals surface area contributed by atoms with Gasteiger partial charge in [-0.15, -0.1) is 0 Å². The van der Waals surface area contributed by atoms with Crippen molar-refractivity contribution in [3.8, 4) is 117 Å². The van der Waals surface area contributed by atoms with Crippen molar-refractivity contribution >= 4 is 202 Å². The first-order valence-corrected chi connectivity index (χ1v) is 43.2. The van der Waals surface area contributed by atoms with Gasteiger partial charge in [-0.1, -0.05) is 218 Å². The normalized spacial score (nSPS) is 10.9. The molecule has 0 spiro atoms. The molecular formula is C88H54Cl5F2N15O11S5. The molecule has 0 amide bonds. The smallest absolute Gasteiger partial charge is 0.299 e. The second kappa shape index (κ2) is 38.5. The number of rotatable bonds is 21. The van der Waals surface area contributed by atoms with Crippen LogP contribution in [0, 0.1) is 25.5 Å². The number of aromatic nitrogens is 15. The number of methoxy groups -OCH3 is 1. The lowest BCUT2D eigenvalue weighted by Gasteiger charge is -2.03. The predicted octanol–water partition coefficient (Wildman–Crippen LogP) is 22.6. The van der Waals surface area contributed by atoms with E-state index in [1.807, 2.05) is 172 Å². The lowest BCUT2D eigenvalue weighted by Crippen LogP contribution is -1.97. The van der Waals surface area contributed by atoms with Crippen LogP contribution in [0.2, 0.25) is 25.1 Å². The molecule has 0 aliphatic carbocycles. The van der Waals surface area contributed by atoms with Crippen LogP contribution in [-0.4, -0.2) is 113 Å². The third-order valence-electron chi connectivity index (χ3n) is 18.6. The summed E-state index contributed by atoms with van der Waals surface area (Å²) in [7, 11) is 1.42. The third-order valence-corrected chi connectivity index (χ3v) is 23.9. The number of para-hydroxylation sites is 5. The van der Waals surface area contributed by atoms with Gasteiger partial charge in [0.25, 0.3) is 32.4 Å². The number of ether oxygens (including phenoxy) is 6. The van der Waals surface area contributed by atoms with Crippen molar-refractivity contribution in [2.45, 2.75) is 13.8 Å². The van der Waals surface area contributed by atoms with E-state index in [1.54, 1.807) is 86.7 Å². The Bertz CT molecular complexity index is 7060. The number of fused-ring (bicyclic) bond motifs is 5. The van der Waals surface area contributed by atoms with Gasteiger partial charge in [-0.2, -0.15) is 50.4 Å². The number of benzene rings is 10. The standard InChI is InChI=1S/C18H12ClN3O2S.C18H12FN3O3S.C18H12FN3O2S.2C17H9Cl2N3O2S/c1-11-6-7-12(14(19)8-11)17-13-4-2-3-5-15(13)22(21-17)18-20-16(9-25-18)24-10-23;1-24-15-7-6-11(8-13(15)19)17-12-4-2-3-5-14(12)22(21-17)18-20-16(9-26-18)25-10-23;1-11-8-12(19)6-7-13(11)17-14-4-2-3-5-15(14)22(21-17)18-20-16(9-25-18)24-10-23;18-11-5-10(6-12(19)7-11)16-13-3-1-2-4-14(13)22(21-16)17-20-15(8-25-17)24-9-23;18-10-5-6-11(13(19)7-10)16-12-3-1-2-4-14(12)22(21-16)17-20-15(8-25-17)24-9-23/h2-10H,1H3;2-10H,1H3;2-10H,1H3;2*1-9H. The van der Waals surface area contributed by atoms with Crippen LogP contribution in [-0.2, 0) is 24.0 Å². The molecule has 0 saturated carbocycles. The Morgan fingerprint density at radius 2 is 0.651 bits per heavy atom. The molecule has 0 aliphatic rings. The molecule has 126 heavy (non-hydrogen) atoms. The van der Waals surface area contributed by atoms with Crippen LogP contribution in [0.4, 0.5) is 8.78 Å². The van der Waals surface area contributed by atoms with E-state index < -0.39 is 5.82 Å². The van der Waals surface area contributed by atoms with Gasteiger partial charge in [0.15, 0.2) is 11.6 Å². The first-order chi connectivity index (χ1) is 61.4. The summed E-state index contributed by atoms with van der Waals surface area (Å²) in [5, 5.41) is 42.0. The predicted molar refractivity (Wildman–Crippen MR) is 485 cm³/mol. The van der Waals surface area contributed by atoms with Crippen molar-refractivity contribution in [1.82, 2.24) is 73.8 Å². The highest BCUT2D eigenvalue weighted by Crippen LogP contribution is 2.42. The minimum Gasteiger partial charge on any atom is -0.494 e. The van der Waals surface area contributed by atoms with Crippen LogP contribution < -0.4 is 28.4 Å². The van der Waals surface area contributed by atoms with Crippen molar-refractivity contribution in [2.24, 2.45) is 0 Å². The number of nitrogens with zero attached hydrogens (tertiary/aromatic N) is 15. The lowest BCUT2D eigenvalue weighted by molar-refractivity contribution is -0.121. The highest BCUT2D eigenvalue weighted by molar-refractivity contribution is 7.13. The van der Waals surface area contributed by atoms with Gasteiger partial charge >= 0.3 is 0 Å². The molecule has 0 bridgehead atoms. The molecule has 10 aromatic heterocycles. The fourth-order valence-corrected chi connectivity index (χ4v) is 18.1. The molecule has 0 aliphatic heterocycles. The lowest BCUT2D eigenvalue weighted by atomic mass is 10.0. The van der Waals surface area contributed by atoms with Crippen molar-refractivity contribution in [3.05, 3.63) is 287 Å². The van der Waals surface area contributed by atoms with Gasteiger partial charge in [-0.05, 0) is 134 Å². The molecule has 38 heteroatoms. The Morgan fingerprint density at radius 3 is 0.992 bits per heavy atom. The number of carbonyl (C=O) groups is 5. The maximum absolute atomic E-state index is 14.1. The Hall–Kier alpha value is -13.8. The summed E-state index contributed by atoms with van der Waals surface area (Å²) in [6.45, 7) is 5.57. The molecular weight excluding hydrogens is 1820 g/mol. The largest absolute Gasteiger partial charge is 0.494 e. The van der Waals surface area contributed by atoms with Crippen molar-refractivity contribution in [1.29, 1.82) is 0 Å². The van der Waals surface area contributed by atoms with Crippen molar-refractivity contribution in [3.63, 3.8) is 0 Å². The van der Waals surface area contributed by atoms with Gasteiger partial charge in [0.05, 0.1) is 71.6 Å². The van der Waals surface area contributed by atoms with E-state index in [0.717, 1.165) is 111 Å². The maximum atomic E-state index is 14.1. The molecule has 626 valence electrons. The molecule has 10 heterocycles. The third kappa shape index (κ3) is 18.4. The monoisotopic (exact) mass is 1870 g/mol. The second-order valence-corrected chi connectivity index (χ2v) is 32.7. The van der Waals surface area contributed by atoms with E-state index in [9.17, 15) is 32.8 Å². The molecule has 0 radical (unpaired) electrons. The van der Waals surface area contributed by atoms with E-state index in [2.05, 4.69) is 40.2 Å². The average Bonchev–Trinajstić information content (AvgIpc) is 1.64. The van der Waals surface area contributed by atoms with Crippen LogP contribution in [0.5, 0.6) is 35.1 Å². The summed E-state index contributed by atoms with van der Waals surface area (Å²) < 4.78 is 65.0. The zero-order valence-corrected chi connectivity index (χ0v) is 72.7. The summed E-state index contributed by atoms with van der Waals surface area (Å²) in [4.78, 5) is 73.8. The minimum absolute atomic E-state index is 0.174. The van der Waals surface area contributed by atoms with Gasteiger partial charge in [0.1, 0.15) is 34.3 Å². The number of halogens is 7. The highest BCUT2D eigenvalue weighted by atomic mass is 35.5. The zero-order valence-electron chi connectivity index (χ0n) is 64.9. The second-order valence-electron chi connectivity index (χ2n) is 26.4. The molecule has 0 unspecified atom stereocenters. The Labute approximate surface area is 755 Å². The number of hydrogen-bond donors (Lipinski definition) is 0. The van der Waals surface area contributed by atoms with Gasteiger partial charge in [0, 0.05) is 69.8 Å². The molecule has 0 atom stereocenters. The van der Waals surface area contributed by atoms with Crippen molar-refractivity contribution in [2.75, 3.05) is 7.11 Å².